The molecule has 1 amide bonds. The summed E-state index contributed by atoms with van der Waals surface area (Å²) >= 11 is 0. The van der Waals surface area contributed by atoms with E-state index in [2.05, 4.69) is 89.7 Å². The van der Waals surface area contributed by atoms with Gasteiger partial charge in [-0.15, -0.1) is 0 Å². The van der Waals surface area contributed by atoms with Crippen LogP contribution in [0.4, 0.5) is 5.69 Å². The van der Waals surface area contributed by atoms with Crippen molar-refractivity contribution in [3.05, 3.63) is 78.4 Å². The van der Waals surface area contributed by atoms with Crippen molar-refractivity contribution in [3.8, 4) is 0 Å². The zero-order valence-corrected chi connectivity index (χ0v) is 18.4. The third-order valence-electron chi connectivity index (χ3n) is 5.80. The minimum atomic E-state index is -0.0378. The van der Waals surface area contributed by atoms with Crippen LogP contribution in [0.3, 0.4) is 0 Å². The van der Waals surface area contributed by atoms with Crippen molar-refractivity contribution >= 4 is 33.4 Å². The normalized spacial score (nSPS) is 12.5. The monoisotopic (exact) mass is 414 g/mol. The first-order chi connectivity index (χ1) is 15.1. The first-order valence-electron chi connectivity index (χ1n) is 10.8. The average Bonchev–Trinajstić information content (AvgIpc) is 3.10. The number of hydrogen-bond donors (Lipinski definition) is 2. The topological polar surface area (TPSA) is 49.3 Å². The summed E-state index contributed by atoms with van der Waals surface area (Å²) in [5, 5.41) is 8.73. The number of aromatic nitrogens is 1. The highest BCUT2D eigenvalue weighted by atomic mass is 16.1. The molecule has 0 spiro atoms. The van der Waals surface area contributed by atoms with Crippen molar-refractivity contribution in [2.24, 2.45) is 0 Å². The Hall–Kier alpha value is -3.15. The second-order valence-electron chi connectivity index (χ2n) is 8.06. The molecule has 0 saturated heterocycles. The maximum atomic E-state index is 12.6. The maximum Gasteiger partial charge on any atom is 0.238 e. The van der Waals surface area contributed by atoms with Crippen molar-refractivity contribution in [3.63, 3.8) is 0 Å². The SMILES string of the molecule is CCn1c2ccccc2c2cc(NC(=O)CNCC(c3ccccc3)N(C)C)ccc21. The number of likely N-dealkylation sites (N-methyl/N-ethyl adjacent to an activating group) is 1. The highest BCUT2D eigenvalue weighted by molar-refractivity contribution is 6.09. The Labute approximate surface area is 183 Å². The molecule has 4 aromatic rings. The van der Waals surface area contributed by atoms with Gasteiger partial charge in [0.05, 0.1) is 6.54 Å². The van der Waals surface area contributed by atoms with Gasteiger partial charge in [-0.3, -0.25) is 4.79 Å². The Morgan fingerprint density at radius 3 is 2.39 bits per heavy atom. The highest BCUT2D eigenvalue weighted by Crippen LogP contribution is 2.30. The molecular weight excluding hydrogens is 384 g/mol. The molecular formula is C26H30N4O. The predicted octanol–water partition coefficient (Wildman–Crippen LogP) is 4.65. The van der Waals surface area contributed by atoms with Gasteiger partial charge in [0.25, 0.3) is 0 Å². The van der Waals surface area contributed by atoms with Crippen LogP contribution >= 0.6 is 0 Å². The van der Waals surface area contributed by atoms with Gasteiger partial charge in [0.15, 0.2) is 0 Å². The quantitative estimate of drug-likeness (QED) is 0.441. The molecule has 160 valence electrons. The minimum absolute atomic E-state index is 0.0378. The second kappa shape index (κ2) is 9.33. The van der Waals surface area contributed by atoms with E-state index in [1.165, 1.54) is 27.4 Å². The zero-order chi connectivity index (χ0) is 21.8. The summed E-state index contributed by atoms with van der Waals surface area (Å²) in [5.74, 6) is -0.0378. The summed E-state index contributed by atoms with van der Waals surface area (Å²) in [6, 6.07) is 25.1. The van der Waals surface area contributed by atoms with Crippen LogP contribution in [0.1, 0.15) is 18.5 Å². The molecule has 0 saturated carbocycles. The third-order valence-corrected chi connectivity index (χ3v) is 5.80. The molecule has 1 heterocycles. The number of hydrogen-bond acceptors (Lipinski definition) is 3. The van der Waals surface area contributed by atoms with E-state index in [0.717, 1.165) is 12.2 Å². The van der Waals surface area contributed by atoms with Gasteiger partial charge in [-0.1, -0.05) is 48.5 Å². The van der Waals surface area contributed by atoms with E-state index in [4.69, 9.17) is 0 Å². The fourth-order valence-electron chi connectivity index (χ4n) is 4.27. The van der Waals surface area contributed by atoms with Gasteiger partial charge < -0.3 is 20.1 Å². The molecule has 5 heteroatoms. The van der Waals surface area contributed by atoms with Gasteiger partial charge in [0.2, 0.25) is 5.91 Å². The summed E-state index contributed by atoms with van der Waals surface area (Å²) in [6.45, 7) is 4.04. The molecule has 1 aromatic heterocycles. The summed E-state index contributed by atoms with van der Waals surface area (Å²) in [7, 11) is 4.11. The number of nitrogens with zero attached hydrogens (tertiary/aromatic N) is 2. The van der Waals surface area contributed by atoms with Crippen molar-refractivity contribution in [1.82, 2.24) is 14.8 Å². The number of benzene rings is 3. The van der Waals surface area contributed by atoms with E-state index >= 15 is 0 Å². The lowest BCUT2D eigenvalue weighted by molar-refractivity contribution is -0.115. The van der Waals surface area contributed by atoms with E-state index in [1.54, 1.807) is 0 Å². The van der Waals surface area contributed by atoms with Gasteiger partial charge >= 0.3 is 0 Å². The highest BCUT2D eigenvalue weighted by Gasteiger charge is 2.14. The van der Waals surface area contributed by atoms with E-state index in [9.17, 15) is 4.79 Å². The number of anilines is 1. The summed E-state index contributed by atoms with van der Waals surface area (Å²) in [4.78, 5) is 14.7. The number of fused-ring (bicyclic) bond motifs is 3. The lowest BCUT2D eigenvalue weighted by atomic mass is 10.1. The van der Waals surface area contributed by atoms with Crippen LogP contribution in [-0.2, 0) is 11.3 Å². The van der Waals surface area contributed by atoms with E-state index in [0.29, 0.717) is 6.54 Å². The number of carbonyl (C=O) groups is 1. The molecule has 5 nitrogen and oxygen atoms in total. The van der Waals surface area contributed by atoms with Crippen molar-refractivity contribution in [2.45, 2.75) is 19.5 Å². The molecule has 0 fully saturated rings. The molecule has 0 aliphatic rings. The second-order valence-corrected chi connectivity index (χ2v) is 8.06. The number of carbonyl (C=O) groups excluding carboxylic acids is 1. The molecule has 4 rings (SSSR count). The van der Waals surface area contributed by atoms with Crippen LogP contribution in [0.15, 0.2) is 72.8 Å². The third kappa shape index (κ3) is 4.48. The lowest BCUT2D eigenvalue weighted by Gasteiger charge is -2.25. The maximum absolute atomic E-state index is 12.6. The molecule has 1 atom stereocenters. The Kier molecular flexibility index (Phi) is 6.35. The van der Waals surface area contributed by atoms with Crippen LogP contribution in [0, 0.1) is 0 Å². The summed E-state index contributed by atoms with van der Waals surface area (Å²) in [6.07, 6.45) is 0. The fraction of sp³-hybridized carbons (Fsp3) is 0.269. The zero-order valence-electron chi connectivity index (χ0n) is 18.4. The van der Waals surface area contributed by atoms with Crippen LogP contribution in [0.2, 0.25) is 0 Å². The number of rotatable bonds is 8. The lowest BCUT2D eigenvalue weighted by Crippen LogP contribution is -2.35. The van der Waals surface area contributed by atoms with Gasteiger partial charge in [-0.05, 0) is 50.8 Å². The van der Waals surface area contributed by atoms with E-state index in [-0.39, 0.29) is 18.5 Å². The smallest absolute Gasteiger partial charge is 0.238 e. The van der Waals surface area contributed by atoms with Gasteiger partial charge in [0.1, 0.15) is 0 Å². The molecule has 1 unspecified atom stereocenters. The van der Waals surface area contributed by atoms with Crippen LogP contribution in [0.25, 0.3) is 21.8 Å². The minimum Gasteiger partial charge on any atom is -0.341 e. The standard InChI is InChI=1S/C26H30N4O/c1-4-30-23-13-9-8-12-21(23)22-16-20(14-15-24(22)30)28-26(31)18-27-17-25(29(2)3)19-10-6-5-7-11-19/h5-16,25,27H,4,17-18H2,1-3H3,(H,28,31). The summed E-state index contributed by atoms with van der Waals surface area (Å²) in [5.41, 5.74) is 4.47. The van der Waals surface area contributed by atoms with Crippen LogP contribution in [0.5, 0.6) is 0 Å². The average molecular weight is 415 g/mol. The molecule has 2 N–H and O–H groups in total. The van der Waals surface area contributed by atoms with Crippen molar-refractivity contribution in [1.29, 1.82) is 0 Å². The number of nitrogens with one attached hydrogen (secondary N) is 2. The molecule has 0 radical (unpaired) electrons. The first-order valence-corrected chi connectivity index (χ1v) is 10.8. The van der Waals surface area contributed by atoms with Crippen molar-refractivity contribution < 1.29 is 4.79 Å². The van der Waals surface area contributed by atoms with Crippen LogP contribution in [-0.4, -0.2) is 42.6 Å². The molecule has 0 bridgehead atoms. The summed E-state index contributed by atoms with van der Waals surface area (Å²) < 4.78 is 2.31. The van der Waals surface area contributed by atoms with Gasteiger partial charge in [0, 0.05) is 46.6 Å². The molecule has 0 aliphatic heterocycles. The van der Waals surface area contributed by atoms with Gasteiger partial charge in [-0.2, -0.15) is 0 Å². The van der Waals surface area contributed by atoms with E-state index < -0.39 is 0 Å². The first kappa shape index (κ1) is 21.1. The van der Waals surface area contributed by atoms with E-state index in [1.807, 2.05) is 24.3 Å². The number of aryl methyl sites for hydroxylation is 1. The number of para-hydroxylation sites is 1. The van der Waals surface area contributed by atoms with Crippen molar-refractivity contribution in [2.75, 3.05) is 32.5 Å². The molecule has 31 heavy (non-hydrogen) atoms. The molecule has 0 aliphatic carbocycles. The molecule has 3 aromatic carbocycles. The largest absolute Gasteiger partial charge is 0.341 e. The Bertz CT molecular complexity index is 1180. The van der Waals surface area contributed by atoms with Crippen LogP contribution < -0.4 is 10.6 Å². The van der Waals surface area contributed by atoms with Gasteiger partial charge in [-0.25, -0.2) is 0 Å². The number of amides is 1. The Morgan fingerprint density at radius 1 is 0.935 bits per heavy atom. The predicted molar refractivity (Wildman–Crippen MR) is 129 cm³/mol. The fourth-order valence-corrected chi connectivity index (χ4v) is 4.27. The Balaban J connectivity index is 1.43. The Morgan fingerprint density at radius 2 is 1.65 bits per heavy atom.